The van der Waals surface area contributed by atoms with Gasteiger partial charge in [-0.3, -0.25) is 4.99 Å². The summed E-state index contributed by atoms with van der Waals surface area (Å²) in [6.07, 6.45) is 7.45. The fourth-order valence-corrected chi connectivity index (χ4v) is 1.49. The number of hydrogen-bond donors (Lipinski definition) is 0. The standard InChI is InChI=1S/C9H12N2/c1-8-4-2-5-9-10-6-3-7-11(8)9/h2,4-5H,3,6-7H2,1H3. The van der Waals surface area contributed by atoms with Crippen molar-refractivity contribution in [1.82, 2.24) is 4.90 Å². The number of nitrogens with zero attached hydrogens (tertiary/aromatic N) is 2. The molecule has 0 radical (unpaired) electrons. The molecule has 2 nitrogen and oxygen atoms in total. The molecule has 2 heterocycles. The van der Waals surface area contributed by atoms with E-state index in [0.29, 0.717) is 0 Å². The van der Waals surface area contributed by atoms with E-state index in [4.69, 9.17) is 0 Å². The lowest BCUT2D eigenvalue weighted by Crippen LogP contribution is -2.34. The van der Waals surface area contributed by atoms with Gasteiger partial charge in [-0.25, -0.2) is 0 Å². The van der Waals surface area contributed by atoms with Crippen LogP contribution in [0.5, 0.6) is 0 Å². The fourth-order valence-electron chi connectivity index (χ4n) is 1.49. The number of amidine groups is 1. The van der Waals surface area contributed by atoms with Crippen LogP contribution in [0.4, 0.5) is 0 Å². The number of fused-ring (bicyclic) bond motifs is 1. The average molecular weight is 148 g/mol. The van der Waals surface area contributed by atoms with Gasteiger partial charge >= 0.3 is 0 Å². The molecule has 11 heavy (non-hydrogen) atoms. The topological polar surface area (TPSA) is 15.6 Å². The van der Waals surface area contributed by atoms with Gasteiger partial charge in [-0.1, -0.05) is 6.08 Å². The molecule has 0 saturated carbocycles. The first-order chi connectivity index (χ1) is 5.38. The maximum Gasteiger partial charge on any atom is 0.127 e. The molecular weight excluding hydrogens is 136 g/mol. The van der Waals surface area contributed by atoms with Crippen molar-refractivity contribution in [3.8, 4) is 0 Å². The van der Waals surface area contributed by atoms with Crippen molar-refractivity contribution in [2.75, 3.05) is 13.1 Å². The first-order valence-corrected chi connectivity index (χ1v) is 4.05. The van der Waals surface area contributed by atoms with Gasteiger partial charge in [-0.05, 0) is 25.5 Å². The van der Waals surface area contributed by atoms with Crippen LogP contribution in [-0.4, -0.2) is 23.8 Å². The summed E-state index contributed by atoms with van der Waals surface area (Å²) in [5, 5.41) is 0. The largest absolute Gasteiger partial charge is 0.331 e. The van der Waals surface area contributed by atoms with E-state index in [9.17, 15) is 0 Å². The molecule has 0 N–H and O–H groups in total. The van der Waals surface area contributed by atoms with Gasteiger partial charge in [0.15, 0.2) is 0 Å². The van der Waals surface area contributed by atoms with Crippen molar-refractivity contribution in [3.05, 3.63) is 23.9 Å². The van der Waals surface area contributed by atoms with Crippen LogP contribution in [0.15, 0.2) is 28.9 Å². The normalized spacial score (nSPS) is 22.5. The lowest BCUT2D eigenvalue weighted by atomic mass is 10.2. The molecular formula is C9H12N2. The molecule has 0 aromatic heterocycles. The maximum absolute atomic E-state index is 4.42. The van der Waals surface area contributed by atoms with Crippen molar-refractivity contribution in [3.63, 3.8) is 0 Å². The van der Waals surface area contributed by atoms with Gasteiger partial charge in [-0.2, -0.15) is 0 Å². The lowest BCUT2D eigenvalue weighted by Gasteiger charge is -2.30. The first-order valence-electron chi connectivity index (χ1n) is 4.05. The smallest absolute Gasteiger partial charge is 0.127 e. The van der Waals surface area contributed by atoms with Crippen LogP contribution >= 0.6 is 0 Å². The molecule has 0 saturated heterocycles. The Labute approximate surface area is 66.9 Å². The molecule has 0 aromatic rings. The monoisotopic (exact) mass is 148 g/mol. The molecule has 0 amide bonds. The molecule has 0 bridgehead atoms. The molecule has 0 spiro atoms. The molecule has 0 fully saturated rings. The van der Waals surface area contributed by atoms with Crippen molar-refractivity contribution >= 4 is 5.84 Å². The molecule has 2 rings (SSSR count). The van der Waals surface area contributed by atoms with Crippen LogP contribution in [-0.2, 0) is 0 Å². The van der Waals surface area contributed by atoms with Gasteiger partial charge in [0, 0.05) is 18.8 Å². The molecule has 0 atom stereocenters. The summed E-state index contributed by atoms with van der Waals surface area (Å²) in [5.41, 5.74) is 1.31. The summed E-state index contributed by atoms with van der Waals surface area (Å²) in [6.45, 7) is 4.25. The third kappa shape index (κ3) is 1.09. The Kier molecular flexibility index (Phi) is 1.53. The van der Waals surface area contributed by atoms with Crippen molar-refractivity contribution in [2.45, 2.75) is 13.3 Å². The van der Waals surface area contributed by atoms with Crippen LogP contribution in [0, 0.1) is 0 Å². The van der Waals surface area contributed by atoms with Crippen molar-refractivity contribution in [1.29, 1.82) is 0 Å². The highest BCUT2D eigenvalue weighted by Gasteiger charge is 2.15. The van der Waals surface area contributed by atoms with E-state index in [1.54, 1.807) is 0 Å². The van der Waals surface area contributed by atoms with Crippen molar-refractivity contribution in [2.24, 2.45) is 4.99 Å². The molecule has 2 aliphatic heterocycles. The van der Waals surface area contributed by atoms with Crippen LogP contribution in [0.3, 0.4) is 0 Å². The van der Waals surface area contributed by atoms with E-state index < -0.39 is 0 Å². The zero-order valence-corrected chi connectivity index (χ0v) is 6.75. The highest BCUT2D eigenvalue weighted by atomic mass is 15.2. The third-order valence-corrected chi connectivity index (χ3v) is 2.10. The Bertz CT molecular complexity index is 248. The van der Waals surface area contributed by atoms with Gasteiger partial charge in [0.2, 0.25) is 0 Å². The summed E-state index contributed by atoms with van der Waals surface area (Å²) < 4.78 is 0. The van der Waals surface area contributed by atoms with Crippen LogP contribution in [0.25, 0.3) is 0 Å². The minimum absolute atomic E-state index is 0.990. The number of hydrogen-bond acceptors (Lipinski definition) is 2. The van der Waals surface area contributed by atoms with Crippen LogP contribution < -0.4 is 0 Å². The van der Waals surface area contributed by atoms with Gasteiger partial charge < -0.3 is 4.90 Å². The van der Waals surface area contributed by atoms with Gasteiger partial charge in [0.1, 0.15) is 5.84 Å². The summed E-state index contributed by atoms with van der Waals surface area (Å²) in [4.78, 5) is 6.68. The summed E-state index contributed by atoms with van der Waals surface area (Å²) in [7, 11) is 0. The van der Waals surface area contributed by atoms with Gasteiger partial charge in [0.25, 0.3) is 0 Å². The van der Waals surface area contributed by atoms with E-state index in [0.717, 1.165) is 18.9 Å². The summed E-state index contributed by atoms with van der Waals surface area (Å²) in [6, 6.07) is 0. The Morgan fingerprint density at radius 1 is 1.55 bits per heavy atom. The maximum atomic E-state index is 4.42. The highest BCUT2D eigenvalue weighted by molar-refractivity contribution is 5.95. The molecule has 0 aliphatic carbocycles. The molecule has 0 unspecified atom stereocenters. The minimum atomic E-state index is 0.990. The molecule has 0 aromatic carbocycles. The average Bonchev–Trinajstić information content (AvgIpc) is 2.06. The first kappa shape index (κ1) is 6.65. The number of aliphatic imine (C=N–C) groups is 1. The van der Waals surface area contributed by atoms with E-state index in [1.165, 1.54) is 12.1 Å². The second-order valence-corrected chi connectivity index (χ2v) is 2.91. The Morgan fingerprint density at radius 2 is 2.45 bits per heavy atom. The van der Waals surface area contributed by atoms with Gasteiger partial charge in [0.05, 0.1) is 0 Å². The fraction of sp³-hybridized carbons (Fsp3) is 0.444. The lowest BCUT2D eigenvalue weighted by molar-refractivity contribution is 0.475. The molecule has 2 heteroatoms. The Hall–Kier alpha value is -1.05. The zero-order valence-electron chi connectivity index (χ0n) is 6.75. The molecule has 2 aliphatic rings. The van der Waals surface area contributed by atoms with Crippen LogP contribution in [0.2, 0.25) is 0 Å². The van der Waals surface area contributed by atoms with E-state index in [-0.39, 0.29) is 0 Å². The predicted molar refractivity (Wildman–Crippen MR) is 46.5 cm³/mol. The quantitative estimate of drug-likeness (QED) is 0.509. The van der Waals surface area contributed by atoms with E-state index in [2.05, 4.69) is 35.0 Å². The Morgan fingerprint density at radius 3 is 3.27 bits per heavy atom. The van der Waals surface area contributed by atoms with Gasteiger partial charge in [-0.15, -0.1) is 0 Å². The van der Waals surface area contributed by atoms with E-state index >= 15 is 0 Å². The zero-order chi connectivity index (χ0) is 7.68. The minimum Gasteiger partial charge on any atom is -0.331 e. The summed E-state index contributed by atoms with van der Waals surface area (Å²) in [5.74, 6) is 1.14. The second-order valence-electron chi connectivity index (χ2n) is 2.91. The number of allylic oxidation sites excluding steroid dienone is 3. The third-order valence-electron chi connectivity index (χ3n) is 2.10. The molecule has 58 valence electrons. The van der Waals surface area contributed by atoms with E-state index in [1.807, 2.05) is 0 Å². The number of rotatable bonds is 0. The second kappa shape index (κ2) is 2.53. The SMILES string of the molecule is CC1=CC=CC2=NCCCN12. The summed E-state index contributed by atoms with van der Waals surface area (Å²) >= 11 is 0. The highest BCUT2D eigenvalue weighted by Crippen LogP contribution is 2.15. The van der Waals surface area contributed by atoms with Crippen LogP contribution in [0.1, 0.15) is 13.3 Å². The van der Waals surface area contributed by atoms with Crippen molar-refractivity contribution < 1.29 is 0 Å². The Balaban J connectivity index is 2.32. The predicted octanol–water partition coefficient (Wildman–Crippen LogP) is 1.56.